The van der Waals surface area contributed by atoms with Crippen LogP contribution >= 0.6 is 0 Å². The summed E-state index contributed by atoms with van der Waals surface area (Å²) in [5, 5.41) is 0. The van der Waals surface area contributed by atoms with Gasteiger partial charge in [0.25, 0.3) is 0 Å². The lowest BCUT2D eigenvalue weighted by molar-refractivity contribution is 0.471. The molecular formula is C14H15NO. The molecule has 82 valence electrons. The van der Waals surface area contributed by atoms with E-state index in [4.69, 9.17) is 4.74 Å². The first-order valence-corrected chi connectivity index (χ1v) is 5.44. The van der Waals surface area contributed by atoms with Crippen LogP contribution in [0.3, 0.4) is 0 Å². The Morgan fingerprint density at radius 3 is 2.56 bits per heavy atom. The number of benzene rings is 1. The number of rotatable bonds is 3. The van der Waals surface area contributed by atoms with Crippen molar-refractivity contribution >= 4 is 0 Å². The van der Waals surface area contributed by atoms with E-state index in [0.29, 0.717) is 5.92 Å². The topological polar surface area (TPSA) is 22.1 Å². The molecule has 0 atom stereocenters. The third-order valence-electron chi connectivity index (χ3n) is 2.40. The van der Waals surface area contributed by atoms with Crippen LogP contribution < -0.4 is 4.74 Å². The third kappa shape index (κ3) is 2.40. The van der Waals surface area contributed by atoms with E-state index < -0.39 is 0 Å². The fourth-order valence-corrected chi connectivity index (χ4v) is 1.58. The van der Waals surface area contributed by atoms with Crippen LogP contribution in [0.15, 0.2) is 48.8 Å². The van der Waals surface area contributed by atoms with E-state index in [1.54, 1.807) is 12.4 Å². The first kappa shape index (κ1) is 10.7. The quantitative estimate of drug-likeness (QED) is 0.768. The summed E-state index contributed by atoms with van der Waals surface area (Å²) >= 11 is 0. The van der Waals surface area contributed by atoms with E-state index in [-0.39, 0.29) is 0 Å². The molecule has 1 aromatic carbocycles. The lowest BCUT2D eigenvalue weighted by atomic mass is 10.0. The minimum atomic E-state index is 0.452. The highest BCUT2D eigenvalue weighted by atomic mass is 16.5. The van der Waals surface area contributed by atoms with Gasteiger partial charge in [0, 0.05) is 6.20 Å². The molecule has 0 saturated heterocycles. The van der Waals surface area contributed by atoms with Crippen molar-refractivity contribution in [1.29, 1.82) is 0 Å². The van der Waals surface area contributed by atoms with Gasteiger partial charge in [0.2, 0.25) is 0 Å². The standard InChI is InChI=1S/C14H15NO/c1-11(2)13-7-3-4-8-14(13)16-12-6-5-9-15-10-12/h3-11H,1-2H3. The summed E-state index contributed by atoms with van der Waals surface area (Å²) < 4.78 is 5.81. The second kappa shape index (κ2) is 4.79. The van der Waals surface area contributed by atoms with Gasteiger partial charge < -0.3 is 4.74 Å². The van der Waals surface area contributed by atoms with Crippen molar-refractivity contribution in [3.63, 3.8) is 0 Å². The Bertz CT molecular complexity index is 451. The van der Waals surface area contributed by atoms with E-state index in [2.05, 4.69) is 24.9 Å². The Labute approximate surface area is 95.9 Å². The predicted octanol–water partition coefficient (Wildman–Crippen LogP) is 4.00. The van der Waals surface area contributed by atoms with Crippen LogP contribution in [0, 0.1) is 0 Å². The van der Waals surface area contributed by atoms with Gasteiger partial charge in [0.05, 0.1) is 6.20 Å². The van der Waals surface area contributed by atoms with E-state index in [1.165, 1.54) is 5.56 Å². The highest BCUT2D eigenvalue weighted by Crippen LogP contribution is 2.29. The molecule has 1 heterocycles. The van der Waals surface area contributed by atoms with Crippen molar-refractivity contribution < 1.29 is 4.74 Å². The summed E-state index contributed by atoms with van der Waals surface area (Å²) in [4.78, 5) is 4.03. The van der Waals surface area contributed by atoms with Crippen molar-refractivity contribution in [2.45, 2.75) is 19.8 Å². The van der Waals surface area contributed by atoms with Crippen LogP contribution in [-0.2, 0) is 0 Å². The SMILES string of the molecule is CC(C)c1ccccc1Oc1cccnc1. The number of pyridine rings is 1. The van der Waals surface area contributed by atoms with Crippen LogP contribution in [0.25, 0.3) is 0 Å². The molecule has 0 aliphatic carbocycles. The van der Waals surface area contributed by atoms with Crippen molar-refractivity contribution in [3.8, 4) is 11.5 Å². The molecule has 0 amide bonds. The normalized spacial score (nSPS) is 10.4. The molecule has 0 aliphatic rings. The Balaban J connectivity index is 2.28. The van der Waals surface area contributed by atoms with Crippen molar-refractivity contribution in [1.82, 2.24) is 4.98 Å². The molecule has 0 fully saturated rings. The van der Waals surface area contributed by atoms with Crippen molar-refractivity contribution in [2.24, 2.45) is 0 Å². The van der Waals surface area contributed by atoms with Gasteiger partial charge in [-0.1, -0.05) is 32.0 Å². The highest BCUT2D eigenvalue weighted by Gasteiger charge is 2.07. The Morgan fingerprint density at radius 1 is 1.06 bits per heavy atom. The zero-order valence-corrected chi connectivity index (χ0v) is 9.55. The molecule has 0 saturated carbocycles. The fourth-order valence-electron chi connectivity index (χ4n) is 1.58. The summed E-state index contributed by atoms with van der Waals surface area (Å²) in [5.41, 5.74) is 1.21. The molecule has 2 rings (SSSR count). The molecule has 0 spiro atoms. The van der Waals surface area contributed by atoms with Gasteiger partial charge in [0.1, 0.15) is 11.5 Å². The zero-order valence-electron chi connectivity index (χ0n) is 9.55. The molecule has 0 bridgehead atoms. The maximum atomic E-state index is 5.81. The van der Waals surface area contributed by atoms with Gasteiger partial charge >= 0.3 is 0 Å². The third-order valence-corrected chi connectivity index (χ3v) is 2.40. The molecule has 2 heteroatoms. The number of aromatic nitrogens is 1. The Hall–Kier alpha value is -1.83. The zero-order chi connectivity index (χ0) is 11.4. The van der Waals surface area contributed by atoms with Gasteiger partial charge in [-0.3, -0.25) is 4.98 Å². The van der Waals surface area contributed by atoms with Crippen molar-refractivity contribution in [2.75, 3.05) is 0 Å². The molecule has 0 aliphatic heterocycles. The summed E-state index contributed by atoms with van der Waals surface area (Å²) in [6.45, 7) is 4.32. The van der Waals surface area contributed by atoms with Gasteiger partial charge in [-0.05, 0) is 29.7 Å². The average molecular weight is 213 g/mol. The number of hydrogen-bond acceptors (Lipinski definition) is 2. The van der Waals surface area contributed by atoms with E-state index in [0.717, 1.165) is 11.5 Å². The molecule has 1 aromatic heterocycles. The number of ether oxygens (including phenoxy) is 1. The molecule has 0 N–H and O–H groups in total. The molecule has 0 radical (unpaired) electrons. The second-order valence-electron chi connectivity index (χ2n) is 3.98. The van der Waals surface area contributed by atoms with Gasteiger partial charge in [0.15, 0.2) is 0 Å². The van der Waals surface area contributed by atoms with Crippen LogP contribution in [0.5, 0.6) is 11.5 Å². The number of nitrogens with zero attached hydrogens (tertiary/aromatic N) is 1. The lowest BCUT2D eigenvalue weighted by Crippen LogP contribution is -1.93. The fraction of sp³-hybridized carbons (Fsp3) is 0.214. The highest BCUT2D eigenvalue weighted by molar-refractivity contribution is 5.38. The summed E-state index contributed by atoms with van der Waals surface area (Å²) in [7, 11) is 0. The average Bonchev–Trinajstić information content (AvgIpc) is 2.31. The molecular weight excluding hydrogens is 198 g/mol. The molecule has 16 heavy (non-hydrogen) atoms. The van der Waals surface area contributed by atoms with Crippen LogP contribution in [0.2, 0.25) is 0 Å². The summed E-state index contributed by atoms with van der Waals surface area (Å²) in [6.07, 6.45) is 3.46. The number of hydrogen-bond donors (Lipinski definition) is 0. The Kier molecular flexibility index (Phi) is 3.20. The van der Waals surface area contributed by atoms with Crippen LogP contribution in [0.1, 0.15) is 25.3 Å². The van der Waals surface area contributed by atoms with Crippen LogP contribution in [0.4, 0.5) is 0 Å². The minimum Gasteiger partial charge on any atom is -0.455 e. The maximum Gasteiger partial charge on any atom is 0.145 e. The van der Waals surface area contributed by atoms with Crippen molar-refractivity contribution in [3.05, 3.63) is 54.4 Å². The van der Waals surface area contributed by atoms with Crippen LogP contribution in [-0.4, -0.2) is 4.98 Å². The van der Waals surface area contributed by atoms with E-state index in [9.17, 15) is 0 Å². The van der Waals surface area contributed by atoms with Gasteiger partial charge in [-0.15, -0.1) is 0 Å². The van der Waals surface area contributed by atoms with E-state index >= 15 is 0 Å². The first-order chi connectivity index (χ1) is 7.77. The maximum absolute atomic E-state index is 5.81. The summed E-state index contributed by atoms with van der Waals surface area (Å²) in [6, 6.07) is 11.9. The Morgan fingerprint density at radius 2 is 1.88 bits per heavy atom. The lowest BCUT2D eigenvalue weighted by Gasteiger charge is -2.12. The van der Waals surface area contributed by atoms with Gasteiger partial charge in [-0.25, -0.2) is 0 Å². The first-order valence-electron chi connectivity index (χ1n) is 5.44. The smallest absolute Gasteiger partial charge is 0.145 e. The molecule has 2 nitrogen and oxygen atoms in total. The second-order valence-corrected chi connectivity index (χ2v) is 3.98. The largest absolute Gasteiger partial charge is 0.455 e. The molecule has 2 aromatic rings. The predicted molar refractivity (Wildman–Crippen MR) is 64.8 cm³/mol. The minimum absolute atomic E-state index is 0.452. The molecule has 0 unspecified atom stereocenters. The van der Waals surface area contributed by atoms with Gasteiger partial charge in [-0.2, -0.15) is 0 Å². The summed E-state index contributed by atoms with van der Waals surface area (Å²) in [5.74, 6) is 2.13. The number of para-hydroxylation sites is 1. The monoisotopic (exact) mass is 213 g/mol. The van der Waals surface area contributed by atoms with E-state index in [1.807, 2.05) is 30.3 Å².